The van der Waals surface area contributed by atoms with Crippen LogP contribution in [0.5, 0.6) is 0 Å². The predicted octanol–water partition coefficient (Wildman–Crippen LogP) is -0.0984. The summed E-state index contributed by atoms with van der Waals surface area (Å²) in [5.74, 6) is 0. The van der Waals surface area contributed by atoms with Crippen molar-refractivity contribution >= 4 is 6.29 Å². The maximum absolute atomic E-state index is 9.81. The molecule has 1 fully saturated rings. The van der Waals surface area contributed by atoms with Gasteiger partial charge in [0.25, 0.3) is 0 Å². The first kappa shape index (κ1) is 6.71. The Bertz CT molecular complexity index is 86.3. The molecule has 1 saturated heterocycles. The van der Waals surface area contributed by atoms with E-state index in [1.54, 1.807) is 6.29 Å². The van der Waals surface area contributed by atoms with E-state index < -0.39 is 0 Å². The molecule has 51 valence electrons. The molecule has 1 atom stereocenters. The maximum Gasteiger partial charge on any atom is 0.201 e. The van der Waals surface area contributed by atoms with Gasteiger partial charge in [-0.05, 0) is 0 Å². The molecule has 0 aromatic rings. The van der Waals surface area contributed by atoms with Crippen molar-refractivity contribution in [1.82, 2.24) is 0 Å². The van der Waals surface area contributed by atoms with Crippen molar-refractivity contribution in [3.63, 3.8) is 0 Å². The molecule has 0 bridgehead atoms. The van der Waals surface area contributed by atoms with E-state index in [1.165, 1.54) is 0 Å². The third-order valence-electron chi connectivity index (χ3n) is 1.20. The van der Waals surface area contributed by atoms with Crippen LogP contribution in [0.4, 0.5) is 0 Å². The lowest BCUT2D eigenvalue weighted by atomic mass is 10.3. The zero-order chi connectivity index (χ0) is 6.53. The summed E-state index contributed by atoms with van der Waals surface area (Å²) in [6.07, 6.45) is 2.07. The van der Waals surface area contributed by atoms with Crippen LogP contribution in [0.2, 0.25) is 0 Å². The summed E-state index contributed by atoms with van der Waals surface area (Å²) in [6, 6.07) is 0. The Morgan fingerprint density at radius 1 is 1.56 bits per heavy atom. The van der Waals surface area contributed by atoms with Gasteiger partial charge in [0, 0.05) is 6.42 Å². The summed E-state index contributed by atoms with van der Waals surface area (Å²) in [5.41, 5.74) is 0. The van der Waals surface area contributed by atoms with Crippen molar-refractivity contribution in [2.24, 2.45) is 0 Å². The van der Waals surface area contributed by atoms with Gasteiger partial charge in [-0.25, -0.2) is 0 Å². The summed E-state index contributed by atoms with van der Waals surface area (Å²) >= 11 is 0. The van der Waals surface area contributed by atoms with Crippen LogP contribution in [0.3, 0.4) is 0 Å². The molecule has 0 aliphatic carbocycles. The van der Waals surface area contributed by atoms with Crippen molar-refractivity contribution < 1.29 is 14.3 Å². The second kappa shape index (κ2) is 3.58. The van der Waals surface area contributed by atoms with Crippen molar-refractivity contribution in [3.8, 4) is 0 Å². The monoisotopic (exact) mass is 129 g/mol. The van der Waals surface area contributed by atoms with E-state index in [0.717, 1.165) is 0 Å². The minimum atomic E-state index is -0.0451. The highest BCUT2D eigenvalue weighted by atomic mass is 16.6. The second-order valence-electron chi connectivity index (χ2n) is 1.92. The highest BCUT2D eigenvalue weighted by Crippen LogP contribution is 2.02. The van der Waals surface area contributed by atoms with Crippen molar-refractivity contribution in [1.29, 1.82) is 0 Å². The molecule has 0 aromatic carbocycles. The Labute approximate surface area is 53.9 Å². The van der Waals surface area contributed by atoms with Gasteiger partial charge in [-0.2, -0.15) is 0 Å². The number of ether oxygens (including phenoxy) is 2. The summed E-state index contributed by atoms with van der Waals surface area (Å²) in [6.45, 7) is 1.79. The van der Waals surface area contributed by atoms with E-state index in [9.17, 15) is 4.79 Å². The van der Waals surface area contributed by atoms with Crippen molar-refractivity contribution in [3.05, 3.63) is 0 Å². The number of carbonyl (C=O) groups excluding carboxylic acids is 1. The van der Waals surface area contributed by atoms with Crippen LogP contribution in [0, 0.1) is 0 Å². The SMILES string of the molecule is O=[C]CC1COCCO1. The molecular weight excluding hydrogens is 120 g/mol. The summed E-state index contributed by atoms with van der Waals surface area (Å²) in [7, 11) is 0. The number of hydrogen-bond donors (Lipinski definition) is 0. The molecule has 1 heterocycles. The zero-order valence-electron chi connectivity index (χ0n) is 5.13. The van der Waals surface area contributed by atoms with Gasteiger partial charge < -0.3 is 9.47 Å². The Morgan fingerprint density at radius 3 is 3.00 bits per heavy atom. The molecule has 0 N–H and O–H groups in total. The molecule has 3 nitrogen and oxygen atoms in total. The number of hydrogen-bond acceptors (Lipinski definition) is 3. The first-order valence-electron chi connectivity index (χ1n) is 2.98. The van der Waals surface area contributed by atoms with Crippen LogP contribution >= 0.6 is 0 Å². The second-order valence-corrected chi connectivity index (χ2v) is 1.92. The molecule has 1 rings (SSSR count). The van der Waals surface area contributed by atoms with Crippen molar-refractivity contribution in [2.45, 2.75) is 12.5 Å². The molecule has 1 aliphatic rings. The highest BCUT2D eigenvalue weighted by Gasteiger charge is 2.12. The van der Waals surface area contributed by atoms with Crippen LogP contribution in [-0.4, -0.2) is 32.2 Å². The maximum atomic E-state index is 9.81. The third-order valence-corrected chi connectivity index (χ3v) is 1.20. The fourth-order valence-electron chi connectivity index (χ4n) is 0.747. The van der Waals surface area contributed by atoms with Gasteiger partial charge in [0.15, 0.2) is 0 Å². The minimum Gasteiger partial charge on any atom is -0.376 e. The van der Waals surface area contributed by atoms with Crippen molar-refractivity contribution in [2.75, 3.05) is 19.8 Å². The van der Waals surface area contributed by atoms with E-state index in [1.807, 2.05) is 0 Å². The lowest BCUT2D eigenvalue weighted by molar-refractivity contribution is -0.0845. The van der Waals surface area contributed by atoms with E-state index >= 15 is 0 Å². The predicted molar refractivity (Wildman–Crippen MR) is 30.9 cm³/mol. The lowest BCUT2D eigenvalue weighted by Gasteiger charge is -2.20. The smallest absolute Gasteiger partial charge is 0.201 e. The Hall–Kier alpha value is -0.410. The van der Waals surface area contributed by atoms with E-state index in [0.29, 0.717) is 26.2 Å². The third kappa shape index (κ3) is 2.11. The summed E-state index contributed by atoms with van der Waals surface area (Å²) < 4.78 is 10.2. The molecule has 9 heavy (non-hydrogen) atoms. The highest BCUT2D eigenvalue weighted by molar-refractivity contribution is 5.51. The van der Waals surface area contributed by atoms with Crippen LogP contribution in [0.1, 0.15) is 6.42 Å². The van der Waals surface area contributed by atoms with Crippen LogP contribution in [0.25, 0.3) is 0 Å². The average molecular weight is 129 g/mol. The normalized spacial score (nSPS) is 27.8. The molecule has 0 saturated carbocycles. The Morgan fingerprint density at radius 2 is 2.44 bits per heavy atom. The van der Waals surface area contributed by atoms with Crippen LogP contribution in [0.15, 0.2) is 0 Å². The van der Waals surface area contributed by atoms with Gasteiger partial charge in [-0.1, -0.05) is 0 Å². The quantitative estimate of drug-likeness (QED) is 0.522. The summed E-state index contributed by atoms with van der Waals surface area (Å²) in [4.78, 5) is 9.81. The molecule has 0 amide bonds. The zero-order valence-corrected chi connectivity index (χ0v) is 5.13. The molecule has 1 radical (unpaired) electrons. The first-order chi connectivity index (χ1) is 4.43. The lowest BCUT2D eigenvalue weighted by Crippen LogP contribution is -2.28. The van der Waals surface area contributed by atoms with Gasteiger partial charge in [0.2, 0.25) is 6.29 Å². The standard InChI is InChI=1S/C6H9O3/c7-2-1-6-5-8-3-4-9-6/h6H,1,3-5H2. The van der Waals surface area contributed by atoms with E-state index in [4.69, 9.17) is 9.47 Å². The van der Waals surface area contributed by atoms with E-state index in [2.05, 4.69) is 0 Å². The van der Waals surface area contributed by atoms with E-state index in [-0.39, 0.29) is 6.10 Å². The minimum absolute atomic E-state index is 0.0451. The Balaban J connectivity index is 2.15. The van der Waals surface area contributed by atoms with Gasteiger partial charge in [0.1, 0.15) is 0 Å². The van der Waals surface area contributed by atoms with Gasteiger partial charge >= 0.3 is 0 Å². The summed E-state index contributed by atoms with van der Waals surface area (Å²) in [5, 5.41) is 0. The molecule has 1 unspecified atom stereocenters. The van der Waals surface area contributed by atoms with Crippen LogP contribution < -0.4 is 0 Å². The average Bonchev–Trinajstić information content (AvgIpc) is 1.91. The van der Waals surface area contributed by atoms with Gasteiger partial charge in [-0.15, -0.1) is 0 Å². The fraction of sp³-hybridized carbons (Fsp3) is 0.833. The molecule has 1 aliphatic heterocycles. The fourth-order valence-corrected chi connectivity index (χ4v) is 0.747. The Kier molecular flexibility index (Phi) is 2.67. The van der Waals surface area contributed by atoms with Gasteiger partial charge in [0.05, 0.1) is 25.9 Å². The topological polar surface area (TPSA) is 35.5 Å². The number of rotatable bonds is 2. The molecule has 3 heteroatoms. The van der Waals surface area contributed by atoms with Crippen LogP contribution in [-0.2, 0) is 14.3 Å². The largest absolute Gasteiger partial charge is 0.376 e. The molecular formula is C6H9O3. The van der Waals surface area contributed by atoms with Gasteiger partial charge in [-0.3, -0.25) is 4.79 Å². The first-order valence-corrected chi connectivity index (χ1v) is 2.98. The molecule has 0 aromatic heterocycles. The molecule has 0 spiro atoms.